The van der Waals surface area contributed by atoms with E-state index in [2.05, 4.69) is 17.4 Å². The van der Waals surface area contributed by atoms with Crippen molar-refractivity contribution in [3.05, 3.63) is 29.8 Å². The van der Waals surface area contributed by atoms with Gasteiger partial charge in [-0.25, -0.2) is 0 Å². The lowest BCUT2D eigenvalue weighted by atomic mass is 9.76. The predicted molar refractivity (Wildman–Crippen MR) is 124 cm³/mol. The van der Waals surface area contributed by atoms with Crippen LogP contribution in [0.15, 0.2) is 24.3 Å². The fourth-order valence-electron chi connectivity index (χ4n) is 4.89. The van der Waals surface area contributed by atoms with Crippen LogP contribution < -0.4 is 10.1 Å². The third-order valence-electron chi connectivity index (χ3n) is 6.74. The van der Waals surface area contributed by atoms with E-state index in [0.29, 0.717) is 25.4 Å². The minimum atomic E-state index is -0.549. The van der Waals surface area contributed by atoms with Gasteiger partial charge in [-0.05, 0) is 70.6 Å². The Morgan fingerprint density at radius 2 is 1.78 bits per heavy atom. The molecule has 0 saturated heterocycles. The molecule has 0 aromatic heterocycles. The molecular weight excluding hydrogens is 406 g/mol. The van der Waals surface area contributed by atoms with E-state index in [1.807, 2.05) is 32.9 Å². The summed E-state index contributed by atoms with van der Waals surface area (Å²) in [7, 11) is 3.30. The fourth-order valence-corrected chi connectivity index (χ4v) is 4.89. The summed E-state index contributed by atoms with van der Waals surface area (Å²) in [5, 5.41) is 3.31. The van der Waals surface area contributed by atoms with Crippen LogP contribution in [-0.2, 0) is 19.1 Å². The van der Waals surface area contributed by atoms with E-state index in [-0.39, 0.29) is 23.8 Å². The summed E-state index contributed by atoms with van der Waals surface area (Å²) in [6.45, 7) is 6.11. The van der Waals surface area contributed by atoms with Gasteiger partial charge in [0, 0.05) is 25.7 Å². The average Bonchev–Trinajstić information content (AvgIpc) is 3.34. The lowest BCUT2D eigenvalue weighted by Gasteiger charge is -2.32. The van der Waals surface area contributed by atoms with Crippen molar-refractivity contribution >= 4 is 11.9 Å². The Labute approximate surface area is 192 Å². The standard InChI is InChI=1S/C26H39NO5/c1-25(2,3)32-23(28)19(12-15-30-4)17-26(13-6-7-14-26)24(29)27-22-16-21(22)18-8-10-20(31-5)11-9-18/h8-11,19,21-22H,6-7,12-17H2,1-5H3,(H,27,29). The van der Waals surface area contributed by atoms with Crippen LogP contribution in [0.2, 0.25) is 0 Å². The smallest absolute Gasteiger partial charge is 0.309 e. The third kappa shape index (κ3) is 6.25. The molecule has 1 N–H and O–H groups in total. The minimum absolute atomic E-state index is 0.0991. The second-order valence-corrected chi connectivity index (χ2v) is 10.4. The number of carbonyl (C=O) groups is 2. The van der Waals surface area contributed by atoms with E-state index in [1.54, 1.807) is 14.2 Å². The SMILES string of the molecule is COCCC(CC1(C(=O)NC2CC2c2ccc(OC)cc2)CCCC1)C(=O)OC(C)(C)C. The number of ether oxygens (including phenoxy) is 3. The molecule has 0 radical (unpaired) electrons. The molecule has 3 atom stereocenters. The Balaban J connectivity index is 1.66. The summed E-state index contributed by atoms with van der Waals surface area (Å²) in [5.41, 5.74) is 0.179. The molecule has 2 fully saturated rings. The molecule has 0 bridgehead atoms. The number of hydrogen-bond acceptors (Lipinski definition) is 5. The van der Waals surface area contributed by atoms with Crippen molar-refractivity contribution in [2.75, 3.05) is 20.8 Å². The highest BCUT2D eigenvalue weighted by Crippen LogP contribution is 2.47. The van der Waals surface area contributed by atoms with Crippen LogP contribution >= 0.6 is 0 Å². The first-order valence-electron chi connectivity index (χ1n) is 11.8. The lowest BCUT2D eigenvalue weighted by molar-refractivity contribution is -0.162. The molecule has 0 heterocycles. The molecule has 6 nitrogen and oxygen atoms in total. The Hall–Kier alpha value is -2.08. The van der Waals surface area contributed by atoms with Gasteiger partial charge in [-0.1, -0.05) is 25.0 Å². The van der Waals surface area contributed by atoms with Crippen LogP contribution in [0, 0.1) is 11.3 Å². The van der Waals surface area contributed by atoms with Crippen molar-refractivity contribution in [3.8, 4) is 5.75 Å². The maximum atomic E-state index is 13.5. The van der Waals surface area contributed by atoms with E-state index < -0.39 is 11.0 Å². The van der Waals surface area contributed by atoms with E-state index in [9.17, 15) is 9.59 Å². The fraction of sp³-hybridized carbons (Fsp3) is 0.692. The van der Waals surface area contributed by atoms with Gasteiger partial charge in [0.2, 0.25) is 5.91 Å². The van der Waals surface area contributed by atoms with Gasteiger partial charge in [-0.2, -0.15) is 0 Å². The number of methoxy groups -OCH3 is 2. The zero-order valence-electron chi connectivity index (χ0n) is 20.2. The van der Waals surface area contributed by atoms with Crippen molar-refractivity contribution in [1.29, 1.82) is 0 Å². The van der Waals surface area contributed by atoms with Gasteiger partial charge in [0.15, 0.2) is 0 Å². The van der Waals surface area contributed by atoms with Crippen LogP contribution in [0.1, 0.15) is 77.2 Å². The number of benzene rings is 1. The lowest BCUT2D eigenvalue weighted by Crippen LogP contribution is -2.43. The molecule has 1 amide bonds. The van der Waals surface area contributed by atoms with Crippen molar-refractivity contribution in [2.45, 2.75) is 83.3 Å². The van der Waals surface area contributed by atoms with E-state index >= 15 is 0 Å². The topological polar surface area (TPSA) is 73.9 Å². The number of esters is 1. The second-order valence-electron chi connectivity index (χ2n) is 10.4. The summed E-state index contributed by atoms with van der Waals surface area (Å²) < 4.78 is 16.2. The number of hydrogen-bond donors (Lipinski definition) is 1. The van der Waals surface area contributed by atoms with Crippen molar-refractivity contribution in [1.82, 2.24) is 5.32 Å². The molecule has 6 heteroatoms. The zero-order valence-corrected chi connectivity index (χ0v) is 20.2. The van der Waals surface area contributed by atoms with Gasteiger partial charge < -0.3 is 19.5 Å². The summed E-state index contributed by atoms with van der Waals surface area (Å²) in [5.74, 6) is 0.718. The molecule has 0 spiro atoms. The number of nitrogens with one attached hydrogen (secondary N) is 1. The molecule has 1 aromatic rings. The second kappa shape index (κ2) is 10.2. The van der Waals surface area contributed by atoms with E-state index in [4.69, 9.17) is 14.2 Å². The van der Waals surface area contributed by atoms with Gasteiger partial charge in [0.25, 0.3) is 0 Å². The molecule has 2 saturated carbocycles. The van der Waals surface area contributed by atoms with Crippen LogP contribution in [0.4, 0.5) is 0 Å². The highest BCUT2D eigenvalue weighted by molar-refractivity contribution is 5.85. The van der Waals surface area contributed by atoms with Gasteiger partial charge in [-0.3, -0.25) is 9.59 Å². The number of rotatable bonds is 10. The molecular formula is C26H39NO5. The molecule has 2 aliphatic rings. The molecule has 1 aromatic carbocycles. The van der Waals surface area contributed by atoms with Crippen molar-refractivity contribution in [3.63, 3.8) is 0 Å². The van der Waals surface area contributed by atoms with E-state index in [0.717, 1.165) is 37.9 Å². The average molecular weight is 446 g/mol. The van der Waals surface area contributed by atoms with E-state index in [1.165, 1.54) is 5.56 Å². The summed E-state index contributed by atoms with van der Waals surface area (Å²) >= 11 is 0. The quantitative estimate of drug-likeness (QED) is 0.532. The van der Waals surface area contributed by atoms with Crippen molar-refractivity contribution < 1.29 is 23.8 Å². The van der Waals surface area contributed by atoms with Gasteiger partial charge in [0.05, 0.1) is 18.4 Å². The summed E-state index contributed by atoms with van der Waals surface area (Å²) in [6.07, 6.45) is 5.73. The zero-order chi connectivity index (χ0) is 23.4. The number of amides is 1. The normalized spacial score (nSPS) is 22.8. The maximum absolute atomic E-state index is 13.5. The summed E-state index contributed by atoms with van der Waals surface area (Å²) in [6, 6.07) is 8.24. The summed E-state index contributed by atoms with van der Waals surface area (Å²) in [4.78, 5) is 26.4. The monoisotopic (exact) mass is 445 g/mol. The van der Waals surface area contributed by atoms with Crippen molar-refractivity contribution in [2.24, 2.45) is 11.3 Å². The van der Waals surface area contributed by atoms with Crippen LogP contribution in [0.25, 0.3) is 0 Å². The first kappa shape index (κ1) is 24.6. The highest BCUT2D eigenvalue weighted by atomic mass is 16.6. The maximum Gasteiger partial charge on any atom is 0.309 e. The molecule has 32 heavy (non-hydrogen) atoms. The Bertz CT molecular complexity index is 776. The van der Waals surface area contributed by atoms with Gasteiger partial charge >= 0.3 is 5.97 Å². The van der Waals surface area contributed by atoms with Crippen LogP contribution in [0.3, 0.4) is 0 Å². The molecule has 2 aliphatic carbocycles. The third-order valence-corrected chi connectivity index (χ3v) is 6.74. The first-order valence-corrected chi connectivity index (χ1v) is 11.8. The highest BCUT2D eigenvalue weighted by Gasteiger charge is 2.48. The Morgan fingerprint density at radius 3 is 2.34 bits per heavy atom. The Kier molecular flexibility index (Phi) is 7.86. The molecule has 3 rings (SSSR count). The largest absolute Gasteiger partial charge is 0.497 e. The van der Waals surface area contributed by atoms with Gasteiger partial charge in [-0.15, -0.1) is 0 Å². The minimum Gasteiger partial charge on any atom is -0.497 e. The number of carbonyl (C=O) groups excluding carboxylic acids is 2. The predicted octanol–water partition coefficient (Wildman–Crippen LogP) is 4.61. The van der Waals surface area contributed by atoms with Crippen LogP contribution in [-0.4, -0.2) is 44.3 Å². The molecule has 178 valence electrons. The molecule has 0 aliphatic heterocycles. The van der Waals surface area contributed by atoms with Gasteiger partial charge in [0.1, 0.15) is 11.4 Å². The molecule has 3 unspecified atom stereocenters. The Morgan fingerprint density at radius 1 is 1.12 bits per heavy atom. The van der Waals surface area contributed by atoms with Crippen LogP contribution in [0.5, 0.6) is 5.75 Å². The first-order chi connectivity index (χ1) is 15.2.